The van der Waals surface area contributed by atoms with Crippen molar-refractivity contribution in [3.63, 3.8) is 0 Å². The Morgan fingerprint density at radius 1 is 1.42 bits per heavy atom. The lowest BCUT2D eigenvalue weighted by Crippen LogP contribution is -2.39. The molecule has 0 aromatic heterocycles. The molecule has 3 nitrogen and oxygen atoms in total. The van der Waals surface area contributed by atoms with Crippen molar-refractivity contribution >= 4 is 0 Å². The molecular formula is C15H23FN2O. The largest absolute Gasteiger partial charge is 0.375 e. The molecule has 1 aromatic rings. The van der Waals surface area contributed by atoms with Gasteiger partial charge in [0.05, 0.1) is 13.2 Å². The van der Waals surface area contributed by atoms with Crippen LogP contribution in [0.1, 0.15) is 30.4 Å². The minimum Gasteiger partial charge on any atom is -0.375 e. The van der Waals surface area contributed by atoms with E-state index in [0.717, 1.165) is 12.1 Å². The lowest BCUT2D eigenvalue weighted by molar-refractivity contribution is 0.0433. The van der Waals surface area contributed by atoms with Crippen molar-refractivity contribution in [2.75, 3.05) is 20.2 Å². The van der Waals surface area contributed by atoms with E-state index < -0.39 is 0 Å². The van der Waals surface area contributed by atoms with Gasteiger partial charge in [0.2, 0.25) is 0 Å². The number of benzene rings is 1. The lowest BCUT2D eigenvalue weighted by atomic mass is 10.0. The first-order valence-electron chi connectivity index (χ1n) is 6.96. The second-order valence-electron chi connectivity index (χ2n) is 5.28. The third-order valence-electron chi connectivity index (χ3n) is 3.84. The molecule has 0 bridgehead atoms. The van der Waals surface area contributed by atoms with Gasteiger partial charge in [0.1, 0.15) is 5.82 Å². The summed E-state index contributed by atoms with van der Waals surface area (Å²) in [5, 5.41) is 0. The summed E-state index contributed by atoms with van der Waals surface area (Å²) in [7, 11) is 2.13. The molecule has 0 spiro atoms. The minimum absolute atomic E-state index is 0.214. The van der Waals surface area contributed by atoms with Crippen molar-refractivity contribution in [1.82, 2.24) is 4.90 Å². The van der Waals surface area contributed by atoms with Crippen LogP contribution in [0.4, 0.5) is 4.39 Å². The first-order chi connectivity index (χ1) is 9.20. The zero-order chi connectivity index (χ0) is 13.7. The van der Waals surface area contributed by atoms with Crippen LogP contribution >= 0.6 is 0 Å². The molecule has 0 amide bonds. The number of hydrogen-bond acceptors (Lipinski definition) is 3. The topological polar surface area (TPSA) is 38.5 Å². The highest BCUT2D eigenvalue weighted by atomic mass is 19.1. The number of hydrogen-bond donors (Lipinski definition) is 1. The molecule has 1 aliphatic rings. The number of nitrogens with zero attached hydrogens (tertiary/aromatic N) is 1. The van der Waals surface area contributed by atoms with Crippen LogP contribution in [0.2, 0.25) is 0 Å². The summed E-state index contributed by atoms with van der Waals surface area (Å²) >= 11 is 0. The van der Waals surface area contributed by atoms with Gasteiger partial charge in [0.25, 0.3) is 0 Å². The van der Waals surface area contributed by atoms with Crippen LogP contribution in [0.5, 0.6) is 0 Å². The van der Waals surface area contributed by atoms with Crippen LogP contribution in [0.3, 0.4) is 0 Å². The Hall–Kier alpha value is -0.970. The third kappa shape index (κ3) is 4.00. The molecule has 1 heterocycles. The molecule has 2 N–H and O–H groups in total. The first kappa shape index (κ1) is 14.4. The average molecular weight is 266 g/mol. The smallest absolute Gasteiger partial charge is 0.128 e. The molecule has 1 aromatic carbocycles. The molecule has 1 unspecified atom stereocenters. The predicted octanol–water partition coefficient (Wildman–Crippen LogP) is 2.29. The van der Waals surface area contributed by atoms with Crippen molar-refractivity contribution in [2.45, 2.75) is 38.5 Å². The van der Waals surface area contributed by atoms with Crippen LogP contribution in [0.15, 0.2) is 18.2 Å². The molecule has 2 rings (SSSR count). The molecule has 4 heteroatoms. The fraction of sp³-hybridized carbons (Fsp3) is 0.600. The predicted molar refractivity (Wildman–Crippen MR) is 74.2 cm³/mol. The highest BCUT2D eigenvalue weighted by Gasteiger charge is 2.18. The Morgan fingerprint density at radius 2 is 2.26 bits per heavy atom. The van der Waals surface area contributed by atoms with Crippen LogP contribution in [0.25, 0.3) is 0 Å². The molecule has 1 saturated heterocycles. The lowest BCUT2D eigenvalue weighted by Gasteiger charge is -2.32. The minimum atomic E-state index is -0.214. The summed E-state index contributed by atoms with van der Waals surface area (Å²) in [6, 6.07) is 5.44. The molecule has 1 fully saturated rings. The monoisotopic (exact) mass is 266 g/mol. The van der Waals surface area contributed by atoms with Crippen molar-refractivity contribution in [3.05, 3.63) is 35.1 Å². The number of halogens is 1. The molecule has 106 valence electrons. The van der Waals surface area contributed by atoms with Crippen molar-refractivity contribution in [2.24, 2.45) is 5.73 Å². The van der Waals surface area contributed by atoms with E-state index in [-0.39, 0.29) is 5.82 Å². The number of ether oxygens (including phenoxy) is 1. The van der Waals surface area contributed by atoms with Gasteiger partial charge in [0, 0.05) is 18.2 Å². The summed E-state index contributed by atoms with van der Waals surface area (Å²) in [5.41, 5.74) is 7.10. The number of likely N-dealkylation sites (N-methyl/N-ethyl adjacent to an activating group) is 1. The van der Waals surface area contributed by atoms with Gasteiger partial charge in [-0.3, -0.25) is 0 Å². The van der Waals surface area contributed by atoms with Crippen molar-refractivity contribution in [1.29, 1.82) is 0 Å². The zero-order valence-electron chi connectivity index (χ0n) is 11.6. The van der Waals surface area contributed by atoms with Crippen LogP contribution in [0, 0.1) is 5.82 Å². The summed E-state index contributed by atoms with van der Waals surface area (Å²) in [5.74, 6) is -0.214. The molecular weight excluding hydrogens is 243 g/mol. The second kappa shape index (κ2) is 6.98. The Kier molecular flexibility index (Phi) is 5.31. The van der Waals surface area contributed by atoms with Gasteiger partial charge in [-0.1, -0.05) is 12.5 Å². The highest BCUT2D eigenvalue weighted by molar-refractivity contribution is 5.24. The van der Waals surface area contributed by atoms with Gasteiger partial charge >= 0.3 is 0 Å². The Morgan fingerprint density at radius 3 is 3.00 bits per heavy atom. The van der Waals surface area contributed by atoms with Crippen LogP contribution in [-0.2, 0) is 17.9 Å². The summed E-state index contributed by atoms with van der Waals surface area (Å²) < 4.78 is 19.3. The van der Waals surface area contributed by atoms with Gasteiger partial charge in [0.15, 0.2) is 0 Å². The molecule has 0 radical (unpaired) electrons. The molecule has 0 aliphatic carbocycles. The van der Waals surface area contributed by atoms with Crippen LogP contribution < -0.4 is 5.73 Å². The van der Waals surface area contributed by atoms with E-state index in [0.29, 0.717) is 31.4 Å². The summed E-state index contributed by atoms with van der Waals surface area (Å²) in [6.07, 6.45) is 3.69. The maximum atomic E-state index is 13.6. The third-order valence-corrected chi connectivity index (χ3v) is 3.84. The number of nitrogens with two attached hydrogens (primary N) is 1. The van der Waals surface area contributed by atoms with Crippen LogP contribution in [-0.4, -0.2) is 31.1 Å². The summed E-state index contributed by atoms with van der Waals surface area (Å²) in [6.45, 7) is 2.55. The van der Waals surface area contributed by atoms with Gasteiger partial charge in [-0.25, -0.2) is 4.39 Å². The Labute approximate surface area is 114 Å². The quantitative estimate of drug-likeness (QED) is 0.888. The van der Waals surface area contributed by atoms with Crippen molar-refractivity contribution in [3.8, 4) is 0 Å². The maximum Gasteiger partial charge on any atom is 0.128 e. The van der Waals surface area contributed by atoms with Gasteiger partial charge in [-0.15, -0.1) is 0 Å². The number of rotatable bonds is 5. The van der Waals surface area contributed by atoms with Gasteiger partial charge < -0.3 is 15.4 Å². The Bertz CT molecular complexity index is 411. The maximum absolute atomic E-state index is 13.6. The van der Waals surface area contributed by atoms with Crippen molar-refractivity contribution < 1.29 is 9.13 Å². The first-order valence-corrected chi connectivity index (χ1v) is 6.96. The normalized spacial score (nSPS) is 20.7. The molecule has 19 heavy (non-hydrogen) atoms. The van der Waals surface area contributed by atoms with E-state index in [2.05, 4.69) is 11.9 Å². The fourth-order valence-corrected chi connectivity index (χ4v) is 2.53. The molecule has 1 aliphatic heterocycles. The van der Waals surface area contributed by atoms with E-state index in [1.165, 1.54) is 25.3 Å². The number of piperidine rings is 1. The average Bonchev–Trinajstić information content (AvgIpc) is 2.43. The fourth-order valence-electron chi connectivity index (χ4n) is 2.53. The summed E-state index contributed by atoms with van der Waals surface area (Å²) in [4.78, 5) is 2.33. The van der Waals surface area contributed by atoms with E-state index in [1.54, 1.807) is 12.1 Å². The van der Waals surface area contributed by atoms with E-state index >= 15 is 0 Å². The van der Waals surface area contributed by atoms with E-state index in [4.69, 9.17) is 10.5 Å². The molecule has 1 atom stereocenters. The molecule has 0 saturated carbocycles. The highest BCUT2D eigenvalue weighted by Crippen LogP contribution is 2.17. The van der Waals surface area contributed by atoms with Gasteiger partial charge in [-0.2, -0.15) is 0 Å². The Balaban J connectivity index is 1.84. The van der Waals surface area contributed by atoms with E-state index in [9.17, 15) is 4.39 Å². The van der Waals surface area contributed by atoms with Gasteiger partial charge in [-0.05, 0) is 44.1 Å². The number of likely N-dealkylation sites (tertiary alicyclic amines) is 1. The second-order valence-corrected chi connectivity index (χ2v) is 5.28. The van der Waals surface area contributed by atoms with E-state index in [1.807, 2.05) is 0 Å². The SMILES string of the molecule is CN1CCCCC1COCc1cc(CN)ccc1F. The standard InChI is InChI=1S/C15H23FN2O/c1-18-7-3-2-4-14(18)11-19-10-13-8-12(9-17)5-6-15(13)16/h5-6,8,14H,2-4,7,9-11,17H2,1H3. The zero-order valence-corrected chi connectivity index (χ0v) is 11.6.